The third-order valence-electron chi connectivity index (χ3n) is 0.524. The van der Waals surface area contributed by atoms with Gasteiger partial charge in [-0.15, -0.1) is 0 Å². The molecule has 0 aromatic carbocycles. The van der Waals surface area contributed by atoms with Crippen LogP contribution in [0.15, 0.2) is 0 Å². The van der Waals surface area contributed by atoms with Crippen molar-refractivity contribution in [2.45, 2.75) is 13.8 Å². The third-order valence-corrected chi connectivity index (χ3v) is 1.17. The second kappa shape index (κ2) is 10.6. The van der Waals surface area contributed by atoms with Crippen molar-refractivity contribution in [1.29, 1.82) is 0 Å². The minimum absolute atomic E-state index is 0.171. The Bertz CT molecular complexity index is 126. The van der Waals surface area contributed by atoms with Crippen molar-refractivity contribution >= 4 is 35.0 Å². The van der Waals surface area contributed by atoms with Crippen LogP contribution < -0.4 is 0 Å². The molecule has 0 radical (unpaired) electrons. The fourth-order valence-electron chi connectivity index (χ4n) is 0.277. The second-order valence-electron chi connectivity index (χ2n) is 1.40. The number of carbonyl (C=O) groups is 2. The van der Waals surface area contributed by atoms with Crippen molar-refractivity contribution in [1.82, 2.24) is 0 Å². The molecule has 12 heavy (non-hydrogen) atoms. The number of thiol groups is 1. The smallest absolute Gasteiger partial charge is 0.367 e. The molecule has 0 fully saturated rings. The molecule has 1 N–H and O–H groups in total. The van der Waals surface area contributed by atoms with E-state index < -0.39 is 5.30 Å². The predicted octanol–water partition coefficient (Wildman–Crippen LogP) is 2.49. The van der Waals surface area contributed by atoms with Gasteiger partial charge in [0.15, 0.2) is 0 Å². The Hall–Kier alpha value is -0.360. The summed E-state index contributed by atoms with van der Waals surface area (Å²) in [6.07, 6.45) is 0. The first kappa shape index (κ1) is 14.2. The van der Waals surface area contributed by atoms with Crippen LogP contribution in [0.3, 0.4) is 0 Å². The molecule has 0 spiro atoms. The minimum atomic E-state index is -1.14. The standard InChI is InChI=1S/C5H10O2S.CH2O2S/c1-3-7-5(6)8-4-2;2-1(3)4/h3-4H2,1-2H3;4H,(H,2,3). The van der Waals surface area contributed by atoms with E-state index in [1.165, 1.54) is 11.8 Å². The van der Waals surface area contributed by atoms with Crippen LogP contribution >= 0.6 is 24.4 Å². The molecule has 6 heteroatoms. The highest BCUT2D eigenvalue weighted by Gasteiger charge is 1.96. The molecule has 0 unspecified atom stereocenters. The zero-order valence-corrected chi connectivity index (χ0v) is 8.65. The van der Waals surface area contributed by atoms with Gasteiger partial charge in [-0.25, -0.2) is 9.59 Å². The molecule has 0 aliphatic rings. The van der Waals surface area contributed by atoms with Gasteiger partial charge < -0.3 is 9.84 Å². The summed E-state index contributed by atoms with van der Waals surface area (Å²) < 4.78 is 4.61. The lowest BCUT2D eigenvalue weighted by atomic mass is 10.9. The minimum Gasteiger partial charge on any atom is -0.473 e. The molecule has 0 aliphatic heterocycles. The molecule has 0 bridgehead atoms. The Morgan fingerprint density at radius 3 is 2.17 bits per heavy atom. The van der Waals surface area contributed by atoms with Crippen molar-refractivity contribution in [2.75, 3.05) is 12.4 Å². The molecule has 0 aromatic rings. The van der Waals surface area contributed by atoms with Gasteiger partial charge in [0.2, 0.25) is 0 Å². The van der Waals surface area contributed by atoms with Crippen molar-refractivity contribution in [3.05, 3.63) is 0 Å². The number of rotatable bonds is 2. The average molecular weight is 212 g/mol. The number of carbonyl (C=O) groups excluding carboxylic acids is 1. The van der Waals surface area contributed by atoms with E-state index in [1.54, 1.807) is 6.92 Å². The number of hydrogen-bond acceptors (Lipinski definition) is 4. The summed E-state index contributed by atoms with van der Waals surface area (Å²) in [5.41, 5.74) is 0. The summed E-state index contributed by atoms with van der Waals surface area (Å²) in [4.78, 5) is 19.2. The molecule has 0 aromatic heterocycles. The van der Waals surface area contributed by atoms with Crippen LogP contribution in [0.25, 0.3) is 0 Å². The van der Waals surface area contributed by atoms with Crippen LogP contribution in [0.1, 0.15) is 13.8 Å². The maximum Gasteiger partial charge on any atom is 0.367 e. The summed E-state index contributed by atoms with van der Waals surface area (Å²) in [5, 5.41) is 5.97. The molecule has 0 saturated heterocycles. The van der Waals surface area contributed by atoms with E-state index in [1.807, 2.05) is 6.92 Å². The Balaban J connectivity index is 0. The van der Waals surface area contributed by atoms with Crippen LogP contribution in [-0.4, -0.2) is 28.1 Å². The summed E-state index contributed by atoms with van der Waals surface area (Å²) in [6.45, 7) is 4.20. The summed E-state index contributed by atoms with van der Waals surface area (Å²) in [6, 6.07) is 0. The molecular formula is C6H12O4S2. The van der Waals surface area contributed by atoms with Gasteiger partial charge in [-0.2, -0.15) is 0 Å². The zero-order valence-electron chi connectivity index (χ0n) is 6.94. The monoisotopic (exact) mass is 212 g/mol. The van der Waals surface area contributed by atoms with E-state index in [-0.39, 0.29) is 5.30 Å². The predicted molar refractivity (Wildman–Crippen MR) is 52.2 cm³/mol. The van der Waals surface area contributed by atoms with Gasteiger partial charge in [0.1, 0.15) is 0 Å². The van der Waals surface area contributed by atoms with E-state index in [9.17, 15) is 4.79 Å². The highest BCUT2D eigenvalue weighted by atomic mass is 32.2. The molecular weight excluding hydrogens is 200 g/mol. The van der Waals surface area contributed by atoms with Crippen molar-refractivity contribution in [3.63, 3.8) is 0 Å². The Morgan fingerprint density at radius 2 is 1.92 bits per heavy atom. The second-order valence-corrected chi connectivity index (χ2v) is 2.98. The fraction of sp³-hybridized carbons (Fsp3) is 0.667. The Kier molecular flexibility index (Phi) is 12.6. The molecule has 0 rings (SSSR count). The third kappa shape index (κ3) is 22.6. The highest BCUT2D eigenvalue weighted by molar-refractivity contribution is 8.13. The van der Waals surface area contributed by atoms with Gasteiger partial charge in [0.25, 0.3) is 0 Å². The first-order valence-electron chi connectivity index (χ1n) is 3.26. The van der Waals surface area contributed by atoms with Crippen LogP contribution in [0, 0.1) is 0 Å². The van der Waals surface area contributed by atoms with Crippen LogP contribution in [0.2, 0.25) is 0 Å². The SMILES string of the molecule is CCOC(=O)SCC.O=C(O)S. The van der Waals surface area contributed by atoms with Crippen LogP contribution in [0.5, 0.6) is 0 Å². The molecule has 0 atom stereocenters. The lowest BCUT2D eigenvalue weighted by Gasteiger charge is -1.95. The molecule has 0 amide bonds. The van der Waals surface area contributed by atoms with Gasteiger partial charge in [-0.1, -0.05) is 19.6 Å². The quantitative estimate of drug-likeness (QED) is 0.544. The molecule has 0 saturated carbocycles. The summed E-state index contributed by atoms with van der Waals surface area (Å²) >= 11 is 4.08. The van der Waals surface area contributed by atoms with Crippen LogP contribution in [0.4, 0.5) is 9.59 Å². The van der Waals surface area contributed by atoms with E-state index in [4.69, 9.17) is 9.90 Å². The summed E-state index contributed by atoms with van der Waals surface area (Å²) in [5.74, 6) is 0.791. The molecule has 4 nitrogen and oxygen atoms in total. The first-order valence-corrected chi connectivity index (χ1v) is 4.69. The Morgan fingerprint density at radius 1 is 1.50 bits per heavy atom. The fourth-order valence-corrected chi connectivity index (χ4v) is 0.714. The number of ether oxygens (including phenoxy) is 1. The van der Waals surface area contributed by atoms with Gasteiger partial charge in [0.05, 0.1) is 6.61 Å². The lowest BCUT2D eigenvalue weighted by Crippen LogP contribution is -1.95. The molecule has 72 valence electrons. The topological polar surface area (TPSA) is 63.6 Å². The van der Waals surface area contributed by atoms with E-state index in [0.717, 1.165) is 5.75 Å². The van der Waals surface area contributed by atoms with E-state index in [0.29, 0.717) is 6.61 Å². The largest absolute Gasteiger partial charge is 0.473 e. The normalized spacial score (nSPS) is 7.92. The van der Waals surface area contributed by atoms with Gasteiger partial charge in [-0.05, 0) is 18.7 Å². The first-order chi connectivity index (χ1) is 5.54. The van der Waals surface area contributed by atoms with Crippen molar-refractivity contribution in [2.24, 2.45) is 0 Å². The maximum atomic E-state index is 10.4. The van der Waals surface area contributed by atoms with Gasteiger partial charge in [0, 0.05) is 5.75 Å². The van der Waals surface area contributed by atoms with Crippen molar-refractivity contribution < 1.29 is 19.4 Å². The van der Waals surface area contributed by atoms with Gasteiger partial charge in [-0.3, -0.25) is 0 Å². The number of hydrogen-bond donors (Lipinski definition) is 2. The van der Waals surface area contributed by atoms with E-state index in [2.05, 4.69) is 17.4 Å². The number of thioether (sulfide) groups is 1. The highest BCUT2D eigenvalue weighted by Crippen LogP contribution is 2.02. The van der Waals surface area contributed by atoms with Gasteiger partial charge >= 0.3 is 10.6 Å². The van der Waals surface area contributed by atoms with Crippen molar-refractivity contribution in [3.8, 4) is 0 Å². The average Bonchev–Trinajstić information content (AvgIpc) is 1.87. The van der Waals surface area contributed by atoms with Crippen LogP contribution in [-0.2, 0) is 4.74 Å². The van der Waals surface area contributed by atoms with E-state index >= 15 is 0 Å². The maximum absolute atomic E-state index is 10.4. The lowest BCUT2D eigenvalue weighted by molar-refractivity contribution is 0.181. The molecule has 0 heterocycles. The molecule has 0 aliphatic carbocycles. The Labute approximate surface area is 81.1 Å². The zero-order chi connectivity index (χ0) is 9.98. The summed E-state index contributed by atoms with van der Waals surface area (Å²) in [7, 11) is 0. The number of carboxylic acid groups (broad SMARTS) is 1.